The number of hydrogen-bond donors (Lipinski definition) is 0. The topological polar surface area (TPSA) is 46.1 Å². The molecule has 2 aromatic carbocycles. The Balaban J connectivity index is 1.82. The summed E-state index contributed by atoms with van der Waals surface area (Å²) in [7, 11) is 1.77. The van der Waals surface area contributed by atoms with Crippen molar-refractivity contribution in [3.63, 3.8) is 0 Å². The summed E-state index contributed by atoms with van der Waals surface area (Å²) in [4.78, 5) is 22.7. The van der Waals surface area contributed by atoms with Crippen molar-refractivity contribution in [3.8, 4) is 0 Å². The normalized spacial score (nSPS) is 10.5. The predicted octanol–water partition coefficient (Wildman–Crippen LogP) is 2.90. The van der Waals surface area contributed by atoms with Crippen LogP contribution in [0.3, 0.4) is 0 Å². The van der Waals surface area contributed by atoms with Gasteiger partial charge in [0.2, 0.25) is 0 Å². The molecule has 3 rings (SSSR count). The maximum absolute atomic E-state index is 12.4. The lowest BCUT2D eigenvalue weighted by molar-refractivity contribution is 0.0779. The second kappa shape index (κ2) is 5.71. The number of nitrogens with zero attached hydrogens (tertiary/aromatic N) is 3. The molecule has 3 aromatic rings. The first-order chi connectivity index (χ1) is 10.2. The van der Waals surface area contributed by atoms with E-state index in [1.807, 2.05) is 54.6 Å². The summed E-state index contributed by atoms with van der Waals surface area (Å²) in [5.74, 6) is -0.128. The quantitative estimate of drug-likeness (QED) is 0.739. The Labute approximate surface area is 123 Å². The molecule has 4 nitrogen and oxygen atoms in total. The summed E-state index contributed by atoms with van der Waals surface area (Å²) in [5, 5.41) is 0. The highest BCUT2D eigenvalue weighted by Gasteiger charge is 2.14. The summed E-state index contributed by atoms with van der Waals surface area (Å²) >= 11 is 0. The zero-order valence-electron chi connectivity index (χ0n) is 11.7. The molecule has 0 N–H and O–H groups in total. The smallest absolute Gasteiger partial charge is 0.274 e. The molecule has 0 unspecified atom stereocenters. The van der Waals surface area contributed by atoms with Crippen LogP contribution in [0.4, 0.5) is 0 Å². The average molecular weight is 277 g/mol. The van der Waals surface area contributed by atoms with Gasteiger partial charge in [0.1, 0.15) is 5.69 Å². The third kappa shape index (κ3) is 2.89. The number of fused-ring (bicyclic) bond motifs is 1. The molecule has 0 spiro atoms. The fraction of sp³-hybridized carbons (Fsp3) is 0.118. The molecule has 0 bridgehead atoms. The lowest BCUT2D eigenvalue weighted by Crippen LogP contribution is -2.27. The minimum absolute atomic E-state index is 0.128. The van der Waals surface area contributed by atoms with Crippen molar-refractivity contribution in [2.75, 3.05) is 7.05 Å². The molecular formula is C17H15N3O. The number of hydrogen-bond acceptors (Lipinski definition) is 3. The molecule has 1 heterocycles. The highest BCUT2D eigenvalue weighted by molar-refractivity contribution is 5.93. The predicted molar refractivity (Wildman–Crippen MR) is 81.8 cm³/mol. The molecule has 0 atom stereocenters. The highest BCUT2D eigenvalue weighted by atomic mass is 16.2. The van der Waals surface area contributed by atoms with E-state index in [1.165, 1.54) is 6.20 Å². The van der Waals surface area contributed by atoms with E-state index < -0.39 is 0 Å². The van der Waals surface area contributed by atoms with Crippen molar-refractivity contribution in [2.45, 2.75) is 6.54 Å². The summed E-state index contributed by atoms with van der Waals surface area (Å²) in [5.41, 5.74) is 2.98. The standard InChI is InChI=1S/C17H15N3O/c1-20(12-13-7-3-2-4-8-13)17(21)16-11-18-14-9-5-6-10-15(14)19-16/h2-11H,12H2,1H3. The minimum Gasteiger partial charge on any atom is -0.336 e. The number of aromatic nitrogens is 2. The van der Waals surface area contributed by atoms with Gasteiger partial charge in [0.05, 0.1) is 17.2 Å². The molecule has 0 radical (unpaired) electrons. The Morgan fingerprint density at radius 3 is 2.43 bits per heavy atom. The molecular weight excluding hydrogens is 262 g/mol. The van der Waals surface area contributed by atoms with Crippen molar-refractivity contribution in [1.29, 1.82) is 0 Å². The molecule has 1 amide bonds. The van der Waals surface area contributed by atoms with Gasteiger partial charge >= 0.3 is 0 Å². The molecule has 0 aliphatic carbocycles. The Morgan fingerprint density at radius 1 is 1.00 bits per heavy atom. The van der Waals surface area contributed by atoms with E-state index in [9.17, 15) is 4.79 Å². The van der Waals surface area contributed by atoms with Gasteiger partial charge in [0.25, 0.3) is 5.91 Å². The molecule has 0 fully saturated rings. The third-order valence-corrected chi connectivity index (χ3v) is 3.28. The lowest BCUT2D eigenvalue weighted by atomic mass is 10.2. The first kappa shape index (κ1) is 13.2. The van der Waals surface area contributed by atoms with Crippen LogP contribution in [0.25, 0.3) is 11.0 Å². The first-order valence-electron chi connectivity index (χ1n) is 6.75. The van der Waals surface area contributed by atoms with Gasteiger partial charge in [-0.2, -0.15) is 0 Å². The average Bonchev–Trinajstić information content (AvgIpc) is 2.54. The molecule has 21 heavy (non-hydrogen) atoms. The first-order valence-corrected chi connectivity index (χ1v) is 6.75. The van der Waals surface area contributed by atoms with E-state index in [-0.39, 0.29) is 5.91 Å². The van der Waals surface area contributed by atoms with Crippen LogP contribution in [0.15, 0.2) is 60.8 Å². The van der Waals surface area contributed by atoms with Crippen LogP contribution < -0.4 is 0 Å². The largest absolute Gasteiger partial charge is 0.336 e. The van der Waals surface area contributed by atoms with Crippen LogP contribution in [0.2, 0.25) is 0 Å². The fourth-order valence-electron chi connectivity index (χ4n) is 2.18. The second-order valence-corrected chi connectivity index (χ2v) is 4.89. The van der Waals surface area contributed by atoms with Crippen LogP contribution in [-0.2, 0) is 6.54 Å². The number of amides is 1. The van der Waals surface area contributed by atoms with E-state index in [2.05, 4.69) is 9.97 Å². The number of benzene rings is 2. The van der Waals surface area contributed by atoms with E-state index in [1.54, 1.807) is 11.9 Å². The van der Waals surface area contributed by atoms with Crippen LogP contribution in [0.5, 0.6) is 0 Å². The minimum atomic E-state index is -0.128. The Hall–Kier alpha value is -2.75. The fourth-order valence-corrected chi connectivity index (χ4v) is 2.18. The van der Waals surface area contributed by atoms with Gasteiger partial charge in [0, 0.05) is 13.6 Å². The molecule has 104 valence electrons. The van der Waals surface area contributed by atoms with Gasteiger partial charge in [-0.3, -0.25) is 9.78 Å². The molecule has 0 saturated carbocycles. The van der Waals surface area contributed by atoms with E-state index >= 15 is 0 Å². The van der Waals surface area contributed by atoms with E-state index in [4.69, 9.17) is 0 Å². The zero-order chi connectivity index (χ0) is 14.7. The Bertz CT molecular complexity index is 771. The number of carbonyl (C=O) groups is 1. The van der Waals surface area contributed by atoms with Gasteiger partial charge in [-0.15, -0.1) is 0 Å². The van der Waals surface area contributed by atoms with Gasteiger partial charge in [-0.1, -0.05) is 42.5 Å². The van der Waals surface area contributed by atoms with Gasteiger partial charge in [-0.05, 0) is 17.7 Å². The summed E-state index contributed by atoms with van der Waals surface area (Å²) in [6.07, 6.45) is 1.53. The molecule has 0 aliphatic heterocycles. The van der Waals surface area contributed by atoms with Crippen molar-refractivity contribution >= 4 is 16.9 Å². The van der Waals surface area contributed by atoms with Crippen molar-refractivity contribution < 1.29 is 4.79 Å². The molecule has 1 aromatic heterocycles. The van der Waals surface area contributed by atoms with E-state index in [0.29, 0.717) is 12.2 Å². The summed E-state index contributed by atoms with van der Waals surface area (Å²) in [6.45, 7) is 0.550. The number of carbonyl (C=O) groups excluding carboxylic acids is 1. The zero-order valence-corrected chi connectivity index (χ0v) is 11.7. The second-order valence-electron chi connectivity index (χ2n) is 4.89. The molecule has 0 aliphatic rings. The van der Waals surface area contributed by atoms with E-state index in [0.717, 1.165) is 16.6 Å². The Morgan fingerprint density at radius 2 is 1.67 bits per heavy atom. The lowest BCUT2D eigenvalue weighted by Gasteiger charge is -2.16. The SMILES string of the molecule is CN(Cc1ccccc1)C(=O)c1cnc2ccccc2n1. The van der Waals surface area contributed by atoms with Gasteiger partial charge < -0.3 is 4.90 Å². The number of para-hydroxylation sites is 2. The Kier molecular flexibility index (Phi) is 3.60. The number of rotatable bonds is 3. The summed E-state index contributed by atoms with van der Waals surface area (Å²) < 4.78 is 0. The highest BCUT2D eigenvalue weighted by Crippen LogP contribution is 2.11. The van der Waals surface area contributed by atoms with Crippen molar-refractivity contribution in [1.82, 2.24) is 14.9 Å². The van der Waals surface area contributed by atoms with Crippen LogP contribution in [-0.4, -0.2) is 27.8 Å². The van der Waals surface area contributed by atoms with Crippen molar-refractivity contribution in [3.05, 3.63) is 72.1 Å². The van der Waals surface area contributed by atoms with Crippen LogP contribution in [0, 0.1) is 0 Å². The van der Waals surface area contributed by atoms with Crippen LogP contribution in [0.1, 0.15) is 16.1 Å². The van der Waals surface area contributed by atoms with Gasteiger partial charge in [0.15, 0.2) is 0 Å². The monoisotopic (exact) mass is 277 g/mol. The van der Waals surface area contributed by atoms with Crippen molar-refractivity contribution in [2.24, 2.45) is 0 Å². The molecule has 0 saturated heterocycles. The summed E-state index contributed by atoms with van der Waals surface area (Å²) in [6, 6.07) is 17.4. The van der Waals surface area contributed by atoms with Crippen LogP contribution >= 0.6 is 0 Å². The maximum Gasteiger partial charge on any atom is 0.274 e. The van der Waals surface area contributed by atoms with Gasteiger partial charge in [-0.25, -0.2) is 4.98 Å². The third-order valence-electron chi connectivity index (χ3n) is 3.28. The molecule has 4 heteroatoms. The maximum atomic E-state index is 12.4.